The number of carboxylic acids is 1. The van der Waals surface area contributed by atoms with Crippen molar-refractivity contribution in [3.63, 3.8) is 0 Å². The minimum atomic E-state index is -1.30. The first-order valence-corrected chi connectivity index (χ1v) is 13.5. The molecule has 0 aliphatic carbocycles. The molecule has 16 nitrogen and oxygen atoms in total. The summed E-state index contributed by atoms with van der Waals surface area (Å²) in [4.78, 5) is 72.1. The van der Waals surface area contributed by atoms with Crippen molar-refractivity contribution in [2.75, 3.05) is 18.6 Å². The Balaban J connectivity index is 3.01. The maximum atomic E-state index is 13.2. The number of nitrogens with zero attached hydrogens (tertiary/aromatic N) is 2. The number of rotatable bonds is 19. The van der Waals surface area contributed by atoms with Crippen LogP contribution in [0.3, 0.4) is 0 Å². The first-order valence-electron chi connectivity index (χ1n) is 12.1. The Bertz CT molecular complexity index is 986. The highest BCUT2D eigenvalue weighted by Crippen LogP contribution is 2.07. The number of amides is 4. The molecule has 0 aromatic carbocycles. The van der Waals surface area contributed by atoms with Gasteiger partial charge in [-0.25, -0.2) is 9.78 Å². The Kier molecular flexibility index (Phi) is 15.0. The standard InChI is InChI=1S/C22H38N10O6S/c1-39-8-6-15(30-18(34)13(23)4-5-17(24)33)20(36)31-14(3-2-7-28-22(25)26)19(35)32-16(21(37)38)9-12-10-27-11-29-12/h10-11,13-16H,2-9,23H2,1H3,(H2,24,33)(H,27,29)(H,30,34)(H,31,36)(H,32,35)(H,37,38)(H4,25,26,28). The molecule has 0 saturated carbocycles. The molecule has 0 spiro atoms. The molecule has 1 aromatic rings. The van der Waals surface area contributed by atoms with Crippen molar-refractivity contribution in [1.82, 2.24) is 25.9 Å². The lowest BCUT2D eigenvalue weighted by Crippen LogP contribution is -2.57. The van der Waals surface area contributed by atoms with E-state index in [1.807, 2.05) is 6.26 Å². The van der Waals surface area contributed by atoms with Crippen LogP contribution in [0.4, 0.5) is 0 Å². The van der Waals surface area contributed by atoms with Gasteiger partial charge in [0, 0.05) is 31.3 Å². The fourth-order valence-electron chi connectivity index (χ4n) is 3.35. The number of imidazole rings is 1. The maximum Gasteiger partial charge on any atom is 0.326 e. The van der Waals surface area contributed by atoms with E-state index in [-0.39, 0.29) is 51.0 Å². The smallest absolute Gasteiger partial charge is 0.326 e. The molecular formula is C22H38N10O6S. The number of aromatic amines is 1. The van der Waals surface area contributed by atoms with Crippen molar-refractivity contribution in [1.29, 1.82) is 0 Å². The molecular weight excluding hydrogens is 532 g/mol. The van der Waals surface area contributed by atoms with Crippen molar-refractivity contribution in [3.05, 3.63) is 18.2 Å². The molecule has 1 rings (SSSR count). The largest absolute Gasteiger partial charge is 0.480 e. The number of primary amides is 1. The number of aliphatic imine (C=N–C) groups is 1. The lowest BCUT2D eigenvalue weighted by molar-refractivity contribution is -0.142. The van der Waals surface area contributed by atoms with Gasteiger partial charge < -0.3 is 49.0 Å². The normalized spacial score (nSPS) is 13.8. The van der Waals surface area contributed by atoms with Gasteiger partial charge in [0.05, 0.1) is 12.4 Å². The average Bonchev–Trinajstić information content (AvgIpc) is 3.38. The first kappa shape index (κ1) is 33.2. The highest BCUT2D eigenvalue weighted by Gasteiger charge is 2.30. The number of thioether (sulfide) groups is 1. The second-order valence-corrected chi connectivity index (χ2v) is 9.63. The van der Waals surface area contributed by atoms with Gasteiger partial charge in [-0.15, -0.1) is 0 Å². The van der Waals surface area contributed by atoms with Gasteiger partial charge in [-0.3, -0.25) is 24.2 Å². The lowest BCUT2D eigenvalue weighted by Gasteiger charge is -2.25. The second kappa shape index (κ2) is 17.6. The molecule has 17 heteroatoms. The average molecular weight is 571 g/mol. The number of aromatic nitrogens is 2. The van der Waals surface area contributed by atoms with Crippen LogP contribution in [0, 0.1) is 0 Å². The molecule has 39 heavy (non-hydrogen) atoms. The minimum absolute atomic E-state index is 0.000758. The zero-order chi connectivity index (χ0) is 29.4. The third kappa shape index (κ3) is 13.5. The predicted molar refractivity (Wildman–Crippen MR) is 145 cm³/mol. The molecule has 218 valence electrons. The molecule has 0 aliphatic rings. The van der Waals surface area contributed by atoms with Crippen molar-refractivity contribution in [2.45, 2.75) is 62.7 Å². The van der Waals surface area contributed by atoms with E-state index in [9.17, 15) is 29.1 Å². The monoisotopic (exact) mass is 570 g/mol. The zero-order valence-corrected chi connectivity index (χ0v) is 22.5. The molecule has 4 atom stereocenters. The Labute approximate surface area is 229 Å². The number of guanidine groups is 1. The Morgan fingerprint density at radius 2 is 1.62 bits per heavy atom. The fraction of sp³-hybridized carbons (Fsp3) is 0.591. The summed E-state index contributed by atoms with van der Waals surface area (Å²) in [5.74, 6) is -3.60. The second-order valence-electron chi connectivity index (χ2n) is 8.64. The topological polar surface area (TPSA) is 287 Å². The van der Waals surface area contributed by atoms with E-state index in [0.29, 0.717) is 11.4 Å². The van der Waals surface area contributed by atoms with Crippen LogP contribution in [0.5, 0.6) is 0 Å². The molecule has 1 aromatic heterocycles. The molecule has 13 N–H and O–H groups in total. The molecule has 4 unspecified atom stereocenters. The molecule has 0 saturated heterocycles. The maximum absolute atomic E-state index is 13.2. The number of nitrogens with two attached hydrogens (primary N) is 4. The summed E-state index contributed by atoms with van der Waals surface area (Å²) in [5.41, 5.74) is 22.1. The quantitative estimate of drug-likeness (QED) is 0.0455. The van der Waals surface area contributed by atoms with E-state index in [0.717, 1.165) is 0 Å². The van der Waals surface area contributed by atoms with Gasteiger partial charge in [0.1, 0.15) is 18.1 Å². The molecule has 0 bridgehead atoms. The highest BCUT2D eigenvalue weighted by atomic mass is 32.2. The van der Waals surface area contributed by atoms with E-state index < -0.39 is 53.8 Å². The molecule has 1 heterocycles. The van der Waals surface area contributed by atoms with Crippen molar-refractivity contribution < 1.29 is 29.1 Å². The van der Waals surface area contributed by atoms with E-state index >= 15 is 0 Å². The van der Waals surface area contributed by atoms with Gasteiger partial charge in [-0.2, -0.15) is 11.8 Å². The van der Waals surface area contributed by atoms with Crippen LogP contribution in [0.2, 0.25) is 0 Å². The first-order chi connectivity index (χ1) is 18.4. The van der Waals surface area contributed by atoms with E-state index in [1.54, 1.807) is 0 Å². The van der Waals surface area contributed by atoms with Gasteiger partial charge in [0.15, 0.2) is 5.96 Å². The van der Waals surface area contributed by atoms with Crippen molar-refractivity contribution >= 4 is 47.3 Å². The number of hydrogen-bond donors (Lipinski definition) is 9. The van der Waals surface area contributed by atoms with Gasteiger partial charge in [0.25, 0.3) is 0 Å². The Morgan fingerprint density at radius 3 is 2.15 bits per heavy atom. The number of carbonyl (C=O) groups is 5. The van der Waals surface area contributed by atoms with E-state index in [4.69, 9.17) is 22.9 Å². The number of carbonyl (C=O) groups excluding carboxylic acids is 4. The summed E-state index contributed by atoms with van der Waals surface area (Å²) < 4.78 is 0. The number of nitrogens with one attached hydrogen (secondary N) is 4. The van der Waals surface area contributed by atoms with Gasteiger partial charge in [0.2, 0.25) is 23.6 Å². The van der Waals surface area contributed by atoms with Crippen molar-refractivity contribution in [3.8, 4) is 0 Å². The number of carboxylic acid groups (broad SMARTS) is 1. The minimum Gasteiger partial charge on any atom is -0.480 e. The van der Waals surface area contributed by atoms with Crippen LogP contribution in [0.15, 0.2) is 17.5 Å². The Hall–Kier alpha value is -3.86. The Morgan fingerprint density at radius 1 is 1.00 bits per heavy atom. The van der Waals surface area contributed by atoms with Crippen LogP contribution in [0.1, 0.15) is 37.8 Å². The summed E-state index contributed by atoms with van der Waals surface area (Å²) in [7, 11) is 0. The summed E-state index contributed by atoms with van der Waals surface area (Å²) in [6, 6.07) is -4.57. The van der Waals surface area contributed by atoms with Gasteiger partial charge in [-0.1, -0.05) is 0 Å². The van der Waals surface area contributed by atoms with E-state index in [1.165, 1.54) is 24.3 Å². The summed E-state index contributed by atoms with van der Waals surface area (Å²) in [6.07, 6.45) is 5.06. The molecule has 0 fully saturated rings. The predicted octanol–water partition coefficient (Wildman–Crippen LogP) is -3.11. The highest BCUT2D eigenvalue weighted by molar-refractivity contribution is 7.98. The SMILES string of the molecule is CSCCC(NC(=O)C(N)CCC(N)=O)C(=O)NC(CCCN=C(N)N)C(=O)NC(Cc1cnc[nH]1)C(=O)O. The van der Waals surface area contributed by atoms with Crippen LogP contribution in [-0.2, 0) is 30.4 Å². The lowest BCUT2D eigenvalue weighted by atomic mass is 10.1. The number of hydrogen-bond acceptors (Lipinski definition) is 9. The van der Waals surface area contributed by atoms with Gasteiger partial charge in [-0.05, 0) is 37.7 Å². The van der Waals surface area contributed by atoms with Gasteiger partial charge >= 0.3 is 5.97 Å². The zero-order valence-electron chi connectivity index (χ0n) is 21.7. The summed E-state index contributed by atoms with van der Waals surface area (Å²) in [6.45, 7) is 0.167. The van der Waals surface area contributed by atoms with Crippen LogP contribution < -0.4 is 38.9 Å². The molecule has 0 radical (unpaired) electrons. The number of aliphatic carboxylic acids is 1. The molecule has 0 aliphatic heterocycles. The van der Waals surface area contributed by atoms with E-state index in [2.05, 4.69) is 30.9 Å². The van der Waals surface area contributed by atoms with Crippen molar-refractivity contribution in [2.24, 2.45) is 27.9 Å². The van der Waals surface area contributed by atoms with Crippen LogP contribution in [-0.4, -0.2) is 93.4 Å². The summed E-state index contributed by atoms with van der Waals surface area (Å²) in [5, 5.41) is 17.2. The van der Waals surface area contributed by atoms with Crippen LogP contribution >= 0.6 is 11.8 Å². The third-order valence-electron chi connectivity index (χ3n) is 5.45. The van der Waals surface area contributed by atoms with Crippen LogP contribution in [0.25, 0.3) is 0 Å². The fourth-order valence-corrected chi connectivity index (χ4v) is 3.82. The molecule has 4 amide bonds. The number of H-pyrrole nitrogens is 1. The third-order valence-corrected chi connectivity index (χ3v) is 6.10. The summed E-state index contributed by atoms with van der Waals surface area (Å²) >= 11 is 1.44.